The predicted molar refractivity (Wildman–Crippen MR) is 64.0 cm³/mol. The quantitative estimate of drug-likeness (QED) is 0.663. The van der Waals surface area contributed by atoms with Gasteiger partial charge in [0.2, 0.25) is 0 Å². The maximum atomic E-state index is 13.8. The summed E-state index contributed by atoms with van der Waals surface area (Å²) in [6, 6.07) is 3.04. The lowest BCUT2D eigenvalue weighted by Gasteiger charge is -2.06. The molecule has 0 heterocycles. The average molecular weight is 238 g/mol. The zero-order valence-corrected chi connectivity index (χ0v) is 9.73. The first-order chi connectivity index (χ1) is 7.95. The summed E-state index contributed by atoms with van der Waals surface area (Å²) in [4.78, 5) is 0. The lowest BCUT2D eigenvalue weighted by Crippen LogP contribution is -1.92. The van der Waals surface area contributed by atoms with Crippen LogP contribution in [-0.4, -0.2) is 0 Å². The zero-order chi connectivity index (χ0) is 13.0. The Balaban J connectivity index is 3.25. The van der Waals surface area contributed by atoms with Gasteiger partial charge in [0.1, 0.15) is 17.5 Å². The van der Waals surface area contributed by atoms with Crippen molar-refractivity contribution in [2.45, 2.75) is 13.8 Å². The van der Waals surface area contributed by atoms with Crippen molar-refractivity contribution in [2.24, 2.45) is 0 Å². The van der Waals surface area contributed by atoms with Crippen LogP contribution in [-0.2, 0) is 0 Å². The molecule has 0 N–H and O–H groups in total. The number of hydrogen-bond donors (Lipinski definition) is 0. The Kier molecular flexibility index (Phi) is 4.32. The standard InChI is InChI=1S/C14H13F3/c1-4-11(13(16)7-9(2)3)12-6-5-10(15)8-14(12)17/h4-8H,2H2,1,3H3/b11-4-,13-7+. The molecule has 0 nitrogen and oxygen atoms in total. The van der Waals surface area contributed by atoms with Gasteiger partial charge in [-0.2, -0.15) is 0 Å². The third-order valence-corrected chi connectivity index (χ3v) is 2.14. The van der Waals surface area contributed by atoms with Crippen LogP contribution in [0.15, 0.2) is 48.3 Å². The summed E-state index contributed by atoms with van der Waals surface area (Å²) in [5.41, 5.74) is 0.638. The first-order valence-corrected chi connectivity index (χ1v) is 5.10. The number of hydrogen-bond acceptors (Lipinski definition) is 0. The molecule has 1 aromatic rings. The molecule has 0 aliphatic heterocycles. The van der Waals surface area contributed by atoms with Gasteiger partial charge in [0.05, 0.1) is 0 Å². The molecule has 0 atom stereocenters. The minimum Gasteiger partial charge on any atom is -0.207 e. The molecular weight excluding hydrogens is 225 g/mol. The summed E-state index contributed by atoms with van der Waals surface area (Å²) in [6.45, 7) is 6.76. The molecule has 0 radical (unpaired) electrons. The summed E-state index contributed by atoms with van der Waals surface area (Å²) in [5, 5.41) is 0. The summed E-state index contributed by atoms with van der Waals surface area (Å²) >= 11 is 0. The molecule has 0 amide bonds. The third kappa shape index (κ3) is 3.34. The topological polar surface area (TPSA) is 0 Å². The van der Waals surface area contributed by atoms with Gasteiger partial charge in [0.25, 0.3) is 0 Å². The smallest absolute Gasteiger partial charge is 0.134 e. The first-order valence-electron chi connectivity index (χ1n) is 5.10. The molecule has 0 spiro atoms. The molecule has 17 heavy (non-hydrogen) atoms. The molecule has 1 aromatic carbocycles. The molecule has 1 rings (SSSR count). The van der Waals surface area contributed by atoms with Gasteiger partial charge in [-0.3, -0.25) is 0 Å². The Morgan fingerprint density at radius 3 is 2.41 bits per heavy atom. The van der Waals surface area contributed by atoms with E-state index >= 15 is 0 Å². The SMILES string of the molecule is C=C(C)/C=C(F)\C(=C/C)c1ccc(F)cc1F. The van der Waals surface area contributed by atoms with Crippen LogP contribution < -0.4 is 0 Å². The van der Waals surface area contributed by atoms with Gasteiger partial charge in [-0.25, -0.2) is 13.2 Å². The van der Waals surface area contributed by atoms with Gasteiger partial charge < -0.3 is 0 Å². The van der Waals surface area contributed by atoms with Gasteiger partial charge in [0.15, 0.2) is 0 Å². The minimum atomic E-state index is -0.789. The van der Waals surface area contributed by atoms with Crippen molar-refractivity contribution < 1.29 is 13.2 Å². The van der Waals surface area contributed by atoms with E-state index in [9.17, 15) is 13.2 Å². The molecule has 0 fully saturated rings. The largest absolute Gasteiger partial charge is 0.207 e. The fraction of sp³-hybridized carbons (Fsp3) is 0.143. The second-order valence-electron chi connectivity index (χ2n) is 3.67. The van der Waals surface area contributed by atoms with Crippen LogP contribution in [0.25, 0.3) is 5.57 Å². The van der Waals surface area contributed by atoms with Crippen LogP contribution >= 0.6 is 0 Å². The number of allylic oxidation sites excluding steroid dienone is 5. The van der Waals surface area contributed by atoms with E-state index in [0.717, 1.165) is 12.1 Å². The Bertz CT molecular complexity index is 496. The van der Waals surface area contributed by atoms with Crippen LogP contribution in [0, 0.1) is 11.6 Å². The highest BCUT2D eigenvalue weighted by Gasteiger charge is 2.12. The maximum Gasteiger partial charge on any atom is 0.134 e. The summed E-state index contributed by atoms with van der Waals surface area (Å²) in [7, 11) is 0. The Hall–Kier alpha value is -1.77. The molecule has 0 aliphatic rings. The van der Waals surface area contributed by atoms with E-state index in [4.69, 9.17) is 0 Å². The Labute approximate surface area is 98.8 Å². The van der Waals surface area contributed by atoms with Crippen LogP contribution in [0.2, 0.25) is 0 Å². The van der Waals surface area contributed by atoms with Gasteiger partial charge in [0, 0.05) is 17.2 Å². The maximum absolute atomic E-state index is 13.8. The first kappa shape index (κ1) is 13.3. The van der Waals surface area contributed by atoms with E-state index in [1.165, 1.54) is 18.2 Å². The molecule has 0 unspecified atom stereocenters. The van der Waals surface area contributed by atoms with Crippen LogP contribution in [0.5, 0.6) is 0 Å². The summed E-state index contributed by atoms with van der Waals surface area (Å²) in [6.07, 6.45) is 2.64. The normalized spacial score (nSPS) is 12.8. The molecule has 0 bridgehead atoms. The van der Waals surface area contributed by atoms with Gasteiger partial charge >= 0.3 is 0 Å². The molecular formula is C14H13F3. The van der Waals surface area contributed by atoms with Crippen molar-refractivity contribution in [1.29, 1.82) is 0 Å². The van der Waals surface area contributed by atoms with E-state index in [-0.39, 0.29) is 11.1 Å². The van der Waals surface area contributed by atoms with E-state index < -0.39 is 17.5 Å². The fourth-order valence-electron chi connectivity index (χ4n) is 1.42. The predicted octanol–water partition coefficient (Wildman–Crippen LogP) is 4.80. The fourth-order valence-corrected chi connectivity index (χ4v) is 1.42. The summed E-state index contributed by atoms with van der Waals surface area (Å²) < 4.78 is 40.0. The third-order valence-electron chi connectivity index (χ3n) is 2.14. The molecule has 0 saturated heterocycles. The van der Waals surface area contributed by atoms with E-state index in [1.807, 2.05) is 0 Å². The second-order valence-corrected chi connectivity index (χ2v) is 3.67. The van der Waals surface area contributed by atoms with Gasteiger partial charge in [-0.15, -0.1) is 0 Å². The van der Waals surface area contributed by atoms with Gasteiger partial charge in [-0.05, 0) is 32.1 Å². The number of benzene rings is 1. The minimum absolute atomic E-state index is 0.0314. The molecule has 0 aromatic heterocycles. The van der Waals surface area contributed by atoms with Crippen molar-refractivity contribution in [3.8, 4) is 0 Å². The lowest BCUT2D eigenvalue weighted by molar-refractivity contribution is 0.579. The number of rotatable bonds is 3. The highest BCUT2D eigenvalue weighted by Crippen LogP contribution is 2.27. The van der Waals surface area contributed by atoms with Crippen LogP contribution in [0.3, 0.4) is 0 Å². The highest BCUT2D eigenvalue weighted by molar-refractivity contribution is 5.77. The average Bonchev–Trinajstić information content (AvgIpc) is 2.21. The van der Waals surface area contributed by atoms with Crippen LogP contribution in [0.4, 0.5) is 13.2 Å². The van der Waals surface area contributed by atoms with Crippen molar-refractivity contribution in [3.63, 3.8) is 0 Å². The monoisotopic (exact) mass is 238 g/mol. The zero-order valence-electron chi connectivity index (χ0n) is 9.73. The van der Waals surface area contributed by atoms with Crippen LogP contribution in [0.1, 0.15) is 19.4 Å². The van der Waals surface area contributed by atoms with E-state index in [1.54, 1.807) is 13.8 Å². The molecule has 90 valence electrons. The molecule has 0 saturated carbocycles. The van der Waals surface area contributed by atoms with Crippen molar-refractivity contribution in [3.05, 3.63) is 65.5 Å². The number of halogens is 3. The highest BCUT2D eigenvalue weighted by atomic mass is 19.1. The van der Waals surface area contributed by atoms with Crippen molar-refractivity contribution in [1.82, 2.24) is 0 Å². The Morgan fingerprint density at radius 1 is 1.29 bits per heavy atom. The molecule has 3 heteroatoms. The Morgan fingerprint density at radius 2 is 1.94 bits per heavy atom. The lowest BCUT2D eigenvalue weighted by atomic mass is 10.0. The van der Waals surface area contributed by atoms with Crippen molar-refractivity contribution in [2.75, 3.05) is 0 Å². The summed E-state index contributed by atoms with van der Waals surface area (Å²) in [5.74, 6) is -2.07. The van der Waals surface area contributed by atoms with Crippen molar-refractivity contribution >= 4 is 5.57 Å². The molecule has 0 aliphatic carbocycles. The van der Waals surface area contributed by atoms with E-state index in [2.05, 4.69) is 6.58 Å². The van der Waals surface area contributed by atoms with Gasteiger partial charge in [-0.1, -0.05) is 18.2 Å². The second kappa shape index (κ2) is 5.53. The van der Waals surface area contributed by atoms with E-state index in [0.29, 0.717) is 5.57 Å².